The summed E-state index contributed by atoms with van der Waals surface area (Å²) in [4.78, 5) is 25.1. The number of amides is 2. The lowest BCUT2D eigenvalue weighted by Gasteiger charge is -2.31. The van der Waals surface area contributed by atoms with E-state index in [4.69, 9.17) is 27.9 Å². The lowest BCUT2D eigenvalue weighted by atomic mass is 10.1. The van der Waals surface area contributed by atoms with Gasteiger partial charge in [-0.15, -0.1) is 11.8 Å². The lowest BCUT2D eigenvalue weighted by molar-refractivity contribution is -0.119. The zero-order chi connectivity index (χ0) is 17.5. The second-order valence-corrected chi connectivity index (χ2v) is 7.36. The molecule has 1 heterocycles. The summed E-state index contributed by atoms with van der Waals surface area (Å²) in [6.07, 6.45) is 1.18. The summed E-state index contributed by atoms with van der Waals surface area (Å²) < 4.78 is 4.70. The maximum absolute atomic E-state index is 12.0. The Hall–Kier alpha value is -1.11. The Morgan fingerprint density at radius 1 is 1.33 bits per heavy atom. The van der Waals surface area contributed by atoms with Crippen LogP contribution in [0.1, 0.15) is 18.4 Å². The molecule has 2 rings (SSSR count). The van der Waals surface area contributed by atoms with Crippen LogP contribution in [0.25, 0.3) is 0 Å². The number of methoxy groups -OCH3 is 1. The van der Waals surface area contributed by atoms with Gasteiger partial charge < -0.3 is 15.0 Å². The Morgan fingerprint density at radius 3 is 2.67 bits per heavy atom. The molecule has 1 saturated heterocycles. The molecule has 1 aliphatic rings. The van der Waals surface area contributed by atoms with Crippen LogP contribution >= 0.6 is 35.0 Å². The molecule has 8 heteroatoms. The van der Waals surface area contributed by atoms with Crippen molar-refractivity contribution in [1.82, 2.24) is 10.2 Å². The number of piperidine rings is 1. The minimum Gasteiger partial charge on any atom is -0.453 e. The molecule has 0 saturated carbocycles. The topological polar surface area (TPSA) is 58.6 Å². The molecule has 0 bridgehead atoms. The van der Waals surface area contributed by atoms with Gasteiger partial charge in [-0.25, -0.2) is 4.79 Å². The number of nitrogens with zero attached hydrogens (tertiary/aromatic N) is 1. The molecular formula is C16H20Cl2N2O3S. The predicted molar refractivity (Wildman–Crippen MR) is 97.8 cm³/mol. The van der Waals surface area contributed by atoms with Gasteiger partial charge in [0, 0.05) is 34.9 Å². The van der Waals surface area contributed by atoms with E-state index in [2.05, 4.69) is 5.32 Å². The third-order valence-electron chi connectivity index (χ3n) is 3.80. The summed E-state index contributed by atoms with van der Waals surface area (Å²) in [7, 11) is 1.38. The Kier molecular flexibility index (Phi) is 7.52. The minimum atomic E-state index is -0.310. The third-order valence-corrected chi connectivity index (χ3v) is 5.37. The number of hydrogen-bond donors (Lipinski definition) is 1. The molecule has 0 aliphatic carbocycles. The van der Waals surface area contributed by atoms with Crippen molar-refractivity contribution >= 4 is 47.0 Å². The number of ether oxygens (including phenoxy) is 1. The Morgan fingerprint density at radius 2 is 2.04 bits per heavy atom. The van der Waals surface area contributed by atoms with Crippen LogP contribution in [0.15, 0.2) is 18.2 Å². The highest BCUT2D eigenvalue weighted by Crippen LogP contribution is 2.24. The molecule has 132 valence electrons. The van der Waals surface area contributed by atoms with Crippen molar-refractivity contribution in [3.8, 4) is 0 Å². The first-order chi connectivity index (χ1) is 11.5. The SMILES string of the molecule is COC(=O)N1CCC(NC(=O)CSCc2ccc(Cl)cc2Cl)CC1. The molecule has 0 radical (unpaired) electrons. The molecule has 1 aromatic rings. The van der Waals surface area contributed by atoms with Crippen molar-refractivity contribution in [3.63, 3.8) is 0 Å². The van der Waals surface area contributed by atoms with Crippen LogP contribution in [-0.4, -0.2) is 48.9 Å². The molecule has 0 spiro atoms. The van der Waals surface area contributed by atoms with Crippen molar-refractivity contribution in [1.29, 1.82) is 0 Å². The number of halogens is 2. The van der Waals surface area contributed by atoms with Crippen LogP contribution < -0.4 is 5.32 Å². The Balaban J connectivity index is 1.68. The van der Waals surface area contributed by atoms with E-state index in [0.29, 0.717) is 34.6 Å². The maximum Gasteiger partial charge on any atom is 0.409 e. The molecule has 0 unspecified atom stereocenters. The van der Waals surface area contributed by atoms with Gasteiger partial charge in [0.2, 0.25) is 5.91 Å². The Bertz CT molecular complexity index is 593. The summed E-state index contributed by atoms with van der Waals surface area (Å²) in [5.74, 6) is 1.03. The molecular weight excluding hydrogens is 371 g/mol. The molecule has 2 amide bonds. The van der Waals surface area contributed by atoms with Crippen molar-refractivity contribution < 1.29 is 14.3 Å². The fraction of sp³-hybridized carbons (Fsp3) is 0.500. The molecule has 1 aromatic carbocycles. The average molecular weight is 391 g/mol. The molecule has 1 N–H and O–H groups in total. The van der Waals surface area contributed by atoms with Crippen molar-refractivity contribution in [2.24, 2.45) is 0 Å². The number of carbonyl (C=O) groups excluding carboxylic acids is 2. The highest BCUT2D eigenvalue weighted by atomic mass is 35.5. The smallest absolute Gasteiger partial charge is 0.409 e. The highest BCUT2D eigenvalue weighted by molar-refractivity contribution is 7.99. The van der Waals surface area contributed by atoms with Gasteiger partial charge >= 0.3 is 6.09 Å². The molecule has 1 aliphatic heterocycles. The number of rotatable bonds is 5. The number of nitrogens with one attached hydrogen (secondary N) is 1. The predicted octanol–water partition coefficient (Wildman–Crippen LogP) is 3.57. The fourth-order valence-electron chi connectivity index (χ4n) is 2.50. The van der Waals surface area contributed by atoms with Crippen molar-refractivity contribution in [2.75, 3.05) is 26.0 Å². The number of carbonyl (C=O) groups is 2. The number of thioether (sulfide) groups is 1. The van der Waals surface area contributed by atoms with Crippen molar-refractivity contribution in [2.45, 2.75) is 24.6 Å². The van der Waals surface area contributed by atoms with E-state index in [0.717, 1.165) is 18.4 Å². The van der Waals surface area contributed by atoms with Gasteiger partial charge in [0.05, 0.1) is 12.9 Å². The average Bonchev–Trinajstić information content (AvgIpc) is 2.57. The molecule has 0 aromatic heterocycles. The molecule has 0 atom stereocenters. The van der Waals surface area contributed by atoms with E-state index in [9.17, 15) is 9.59 Å². The second-order valence-electron chi connectivity index (χ2n) is 5.53. The van der Waals surface area contributed by atoms with Crippen molar-refractivity contribution in [3.05, 3.63) is 33.8 Å². The quantitative estimate of drug-likeness (QED) is 0.834. The van der Waals surface area contributed by atoms with E-state index in [1.165, 1.54) is 18.9 Å². The summed E-state index contributed by atoms with van der Waals surface area (Å²) in [6.45, 7) is 1.20. The first-order valence-corrected chi connectivity index (χ1v) is 9.54. The first kappa shape index (κ1) is 19.2. The largest absolute Gasteiger partial charge is 0.453 e. The summed E-state index contributed by atoms with van der Waals surface area (Å²) in [5.41, 5.74) is 0.963. The van der Waals surface area contributed by atoms with E-state index < -0.39 is 0 Å². The van der Waals surface area contributed by atoms with E-state index in [-0.39, 0.29) is 18.0 Å². The normalized spacial score (nSPS) is 15.2. The van der Waals surface area contributed by atoms with Crippen LogP contribution in [0.5, 0.6) is 0 Å². The Labute approximate surface area is 156 Å². The highest BCUT2D eigenvalue weighted by Gasteiger charge is 2.24. The van der Waals surface area contributed by atoms with Crippen LogP contribution in [0.3, 0.4) is 0 Å². The standard InChI is InChI=1S/C16H20Cl2N2O3S/c1-23-16(22)20-6-4-13(5-7-20)19-15(21)10-24-9-11-2-3-12(17)8-14(11)18/h2-3,8,13H,4-7,9-10H2,1H3,(H,19,21). The molecule has 5 nitrogen and oxygen atoms in total. The number of hydrogen-bond acceptors (Lipinski definition) is 4. The van der Waals surface area contributed by atoms with Gasteiger partial charge in [-0.1, -0.05) is 29.3 Å². The van der Waals surface area contributed by atoms with E-state index in [1.807, 2.05) is 6.07 Å². The summed E-state index contributed by atoms with van der Waals surface area (Å²) in [6, 6.07) is 5.48. The number of likely N-dealkylation sites (tertiary alicyclic amines) is 1. The maximum atomic E-state index is 12.0. The van der Waals surface area contributed by atoms with Gasteiger partial charge in [0.1, 0.15) is 0 Å². The van der Waals surface area contributed by atoms with Gasteiger partial charge in [-0.2, -0.15) is 0 Å². The zero-order valence-electron chi connectivity index (χ0n) is 13.4. The van der Waals surface area contributed by atoms with Gasteiger partial charge in [-0.3, -0.25) is 4.79 Å². The van der Waals surface area contributed by atoms with Gasteiger partial charge in [-0.05, 0) is 30.5 Å². The van der Waals surface area contributed by atoms with E-state index in [1.54, 1.807) is 17.0 Å². The van der Waals surface area contributed by atoms with Crippen LogP contribution in [0.2, 0.25) is 10.0 Å². The van der Waals surface area contributed by atoms with Gasteiger partial charge in [0.15, 0.2) is 0 Å². The number of benzene rings is 1. The fourth-order valence-corrected chi connectivity index (χ4v) is 3.89. The minimum absolute atomic E-state index is 0.00149. The summed E-state index contributed by atoms with van der Waals surface area (Å²) in [5, 5.41) is 4.23. The van der Waals surface area contributed by atoms with Crippen LogP contribution in [0, 0.1) is 0 Å². The zero-order valence-corrected chi connectivity index (χ0v) is 15.7. The molecule has 24 heavy (non-hydrogen) atoms. The third kappa shape index (κ3) is 5.76. The van der Waals surface area contributed by atoms with Crippen LogP contribution in [0.4, 0.5) is 4.79 Å². The van der Waals surface area contributed by atoms with E-state index >= 15 is 0 Å². The molecule has 1 fully saturated rings. The first-order valence-electron chi connectivity index (χ1n) is 7.63. The summed E-state index contributed by atoms with van der Waals surface area (Å²) >= 11 is 13.5. The second kappa shape index (κ2) is 9.39. The van der Waals surface area contributed by atoms with Gasteiger partial charge in [0.25, 0.3) is 0 Å². The lowest BCUT2D eigenvalue weighted by Crippen LogP contribution is -2.46. The van der Waals surface area contributed by atoms with Crippen LogP contribution in [-0.2, 0) is 15.3 Å². The monoisotopic (exact) mass is 390 g/mol.